The molecule has 0 saturated carbocycles. The first-order valence-electron chi connectivity index (χ1n) is 8.47. The summed E-state index contributed by atoms with van der Waals surface area (Å²) in [6.07, 6.45) is 2.33. The summed E-state index contributed by atoms with van der Waals surface area (Å²) in [5.74, 6) is -1.88. The van der Waals surface area contributed by atoms with Gasteiger partial charge in [-0.25, -0.2) is 13.8 Å². The average Bonchev–Trinajstić information content (AvgIpc) is 2.96. The Morgan fingerprint density at radius 3 is 2.31 bits per heavy atom. The van der Waals surface area contributed by atoms with Crippen molar-refractivity contribution in [3.05, 3.63) is 35.4 Å². The molecule has 26 heavy (non-hydrogen) atoms. The first-order valence-corrected chi connectivity index (χ1v) is 8.47. The van der Waals surface area contributed by atoms with Gasteiger partial charge in [-0.1, -0.05) is 0 Å². The van der Waals surface area contributed by atoms with Crippen molar-refractivity contribution >= 4 is 18.4 Å². The summed E-state index contributed by atoms with van der Waals surface area (Å²) < 4.78 is 26.9. The number of benzene rings is 1. The molecule has 0 bridgehead atoms. The summed E-state index contributed by atoms with van der Waals surface area (Å²) in [4.78, 5) is 23.7. The Morgan fingerprint density at radius 1 is 1.23 bits per heavy atom. The van der Waals surface area contributed by atoms with Gasteiger partial charge in [0.2, 0.25) is 5.91 Å². The van der Waals surface area contributed by atoms with Crippen LogP contribution in [0.25, 0.3) is 0 Å². The van der Waals surface area contributed by atoms with Crippen LogP contribution in [0.2, 0.25) is 0 Å². The molecule has 2 atom stereocenters. The third kappa shape index (κ3) is 4.70. The largest absolute Gasteiger partial charge is 0.385 e. The molecule has 1 aromatic rings. The number of halogens is 2. The van der Waals surface area contributed by atoms with Crippen molar-refractivity contribution in [2.45, 2.75) is 31.9 Å². The standard InChI is InChI=1S/C16H19F2N3O2.C2H4O/c1-20-4-2-10(3-5-20)16(23)21-15(14(22)9-19-21)11-6-12(17)8-13(18)7-11;1-2-3/h6-10,14-15,22H,2-5H2,1H3;2H,1H3. The van der Waals surface area contributed by atoms with Gasteiger partial charge in [0, 0.05) is 12.0 Å². The lowest BCUT2D eigenvalue weighted by Crippen LogP contribution is -2.41. The van der Waals surface area contributed by atoms with Gasteiger partial charge in [-0.05, 0) is 57.6 Å². The lowest BCUT2D eigenvalue weighted by atomic mass is 9.94. The van der Waals surface area contributed by atoms with E-state index in [9.17, 15) is 18.7 Å². The van der Waals surface area contributed by atoms with Crippen LogP contribution in [0.1, 0.15) is 31.4 Å². The van der Waals surface area contributed by atoms with Gasteiger partial charge in [0.1, 0.15) is 30.1 Å². The number of nitrogens with zero attached hydrogens (tertiary/aromatic N) is 3. The van der Waals surface area contributed by atoms with Crippen LogP contribution < -0.4 is 0 Å². The Bertz CT molecular complexity index is 655. The number of hydrazone groups is 1. The van der Waals surface area contributed by atoms with Gasteiger partial charge in [0.05, 0.1) is 6.21 Å². The van der Waals surface area contributed by atoms with Crippen LogP contribution in [-0.4, -0.2) is 59.7 Å². The molecule has 8 heteroatoms. The minimum Gasteiger partial charge on any atom is -0.385 e. The fourth-order valence-electron chi connectivity index (χ4n) is 3.16. The lowest BCUT2D eigenvalue weighted by Gasteiger charge is -2.32. The van der Waals surface area contributed by atoms with E-state index in [0.717, 1.165) is 37.6 Å². The molecule has 2 aliphatic heterocycles. The maximum atomic E-state index is 13.5. The van der Waals surface area contributed by atoms with Crippen molar-refractivity contribution in [2.75, 3.05) is 20.1 Å². The number of hydrogen-bond acceptors (Lipinski definition) is 5. The van der Waals surface area contributed by atoms with Gasteiger partial charge in [0.25, 0.3) is 0 Å². The van der Waals surface area contributed by atoms with E-state index in [1.807, 2.05) is 7.05 Å². The highest BCUT2D eigenvalue weighted by molar-refractivity contribution is 5.83. The highest BCUT2D eigenvalue weighted by Gasteiger charge is 2.39. The SMILES string of the molecule is CC=O.CN1CCC(C(=O)N2N=CC(O)C2c2cc(F)cc(F)c2)CC1. The molecule has 3 rings (SSSR count). The molecule has 0 spiro atoms. The quantitative estimate of drug-likeness (QED) is 0.808. The van der Waals surface area contributed by atoms with Crippen LogP contribution in [0.15, 0.2) is 23.3 Å². The van der Waals surface area contributed by atoms with E-state index in [1.165, 1.54) is 18.1 Å². The fraction of sp³-hybridized carbons (Fsp3) is 0.500. The van der Waals surface area contributed by atoms with E-state index in [-0.39, 0.29) is 17.4 Å². The Balaban J connectivity index is 0.000000758. The molecule has 2 aliphatic rings. The summed E-state index contributed by atoms with van der Waals surface area (Å²) in [6, 6.07) is 2.13. The van der Waals surface area contributed by atoms with Crippen molar-refractivity contribution in [3.8, 4) is 0 Å². The van der Waals surface area contributed by atoms with E-state index < -0.39 is 23.8 Å². The van der Waals surface area contributed by atoms with E-state index in [0.29, 0.717) is 12.8 Å². The molecule has 0 radical (unpaired) electrons. The molecule has 142 valence electrons. The zero-order chi connectivity index (χ0) is 19.3. The van der Waals surface area contributed by atoms with Crippen LogP contribution in [0.3, 0.4) is 0 Å². The van der Waals surface area contributed by atoms with Gasteiger partial charge < -0.3 is 14.8 Å². The molecule has 0 aliphatic carbocycles. The van der Waals surface area contributed by atoms with Crippen molar-refractivity contribution in [3.63, 3.8) is 0 Å². The zero-order valence-electron chi connectivity index (χ0n) is 14.8. The molecule has 2 unspecified atom stereocenters. The van der Waals surface area contributed by atoms with E-state index in [1.54, 1.807) is 0 Å². The second-order valence-electron chi connectivity index (χ2n) is 6.40. The summed E-state index contributed by atoms with van der Waals surface area (Å²) >= 11 is 0. The number of aldehydes is 1. The topological polar surface area (TPSA) is 73.2 Å². The minimum atomic E-state index is -1.08. The Morgan fingerprint density at radius 2 is 1.77 bits per heavy atom. The maximum absolute atomic E-state index is 13.5. The van der Waals surface area contributed by atoms with Crippen LogP contribution in [0, 0.1) is 17.6 Å². The van der Waals surface area contributed by atoms with Crippen LogP contribution in [0.5, 0.6) is 0 Å². The molecule has 0 aromatic heterocycles. The van der Waals surface area contributed by atoms with Crippen molar-refractivity contribution in [2.24, 2.45) is 11.0 Å². The number of hydrogen-bond donors (Lipinski definition) is 1. The minimum absolute atomic E-state index is 0.186. The number of carbonyl (C=O) groups is 2. The van der Waals surface area contributed by atoms with Gasteiger partial charge >= 0.3 is 0 Å². The van der Waals surface area contributed by atoms with Crippen molar-refractivity contribution in [1.82, 2.24) is 9.91 Å². The second-order valence-corrected chi connectivity index (χ2v) is 6.40. The molecule has 1 fully saturated rings. The Kier molecular flexibility index (Phi) is 6.93. The maximum Gasteiger partial charge on any atom is 0.246 e. The van der Waals surface area contributed by atoms with Gasteiger partial charge in [-0.3, -0.25) is 4.79 Å². The Labute approximate surface area is 151 Å². The number of piperidine rings is 1. The van der Waals surface area contributed by atoms with Crippen molar-refractivity contribution in [1.29, 1.82) is 0 Å². The molecule has 1 aromatic carbocycles. The summed E-state index contributed by atoms with van der Waals surface area (Å²) in [7, 11) is 2.00. The first-order chi connectivity index (χ1) is 12.4. The number of likely N-dealkylation sites (tertiary alicyclic amines) is 1. The molecule has 1 N–H and O–H groups in total. The predicted octanol–water partition coefficient (Wildman–Crippen LogP) is 1.74. The van der Waals surface area contributed by atoms with Crippen molar-refractivity contribution < 1.29 is 23.5 Å². The first kappa shape index (κ1) is 20.1. The van der Waals surface area contributed by atoms with E-state index in [2.05, 4.69) is 10.0 Å². The van der Waals surface area contributed by atoms with Gasteiger partial charge in [-0.15, -0.1) is 0 Å². The molecule has 6 nitrogen and oxygen atoms in total. The highest BCUT2D eigenvalue weighted by atomic mass is 19.1. The smallest absolute Gasteiger partial charge is 0.246 e. The third-order valence-electron chi connectivity index (χ3n) is 4.45. The number of aliphatic hydroxyl groups is 1. The number of carbonyl (C=O) groups excluding carboxylic acids is 2. The molecular weight excluding hydrogens is 344 g/mol. The number of amides is 1. The summed E-state index contributed by atoms with van der Waals surface area (Å²) in [5.41, 5.74) is 0.203. The Hall–Kier alpha value is -2.19. The average molecular weight is 367 g/mol. The van der Waals surface area contributed by atoms with Crippen LogP contribution in [-0.2, 0) is 9.59 Å². The highest BCUT2D eigenvalue weighted by Crippen LogP contribution is 2.32. The molecule has 1 amide bonds. The van der Waals surface area contributed by atoms with Crippen LogP contribution >= 0.6 is 0 Å². The third-order valence-corrected chi connectivity index (χ3v) is 4.45. The zero-order valence-corrected chi connectivity index (χ0v) is 14.8. The van der Waals surface area contributed by atoms with Crippen LogP contribution in [0.4, 0.5) is 8.78 Å². The number of aliphatic hydroxyl groups excluding tert-OH is 1. The molecular formula is C18H23F2N3O3. The molecule has 2 heterocycles. The predicted molar refractivity (Wildman–Crippen MR) is 92.4 cm³/mol. The number of rotatable bonds is 2. The fourth-order valence-corrected chi connectivity index (χ4v) is 3.16. The van der Waals surface area contributed by atoms with E-state index >= 15 is 0 Å². The normalized spacial score (nSPS) is 23.5. The molecule has 1 saturated heterocycles. The van der Waals surface area contributed by atoms with Gasteiger partial charge in [-0.2, -0.15) is 5.10 Å². The van der Waals surface area contributed by atoms with Gasteiger partial charge in [0.15, 0.2) is 0 Å². The lowest BCUT2D eigenvalue weighted by molar-refractivity contribution is -0.140. The monoisotopic (exact) mass is 367 g/mol. The second kappa shape index (κ2) is 8.95. The summed E-state index contributed by atoms with van der Waals surface area (Å²) in [6.45, 7) is 3.07. The summed E-state index contributed by atoms with van der Waals surface area (Å²) in [5, 5.41) is 15.2. The van der Waals surface area contributed by atoms with E-state index in [4.69, 9.17) is 4.79 Å².